The molecular weight excluding hydrogens is 384 g/mol. The number of hydrogen-bond donors (Lipinski definition) is 2. The van der Waals surface area contributed by atoms with Crippen molar-refractivity contribution in [1.29, 1.82) is 0 Å². The number of benzene rings is 2. The highest BCUT2D eigenvalue weighted by Crippen LogP contribution is 2.26. The van der Waals surface area contributed by atoms with Crippen molar-refractivity contribution in [2.75, 3.05) is 16.8 Å². The molecule has 7 heteroatoms. The monoisotopic (exact) mass is 402 g/mol. The number of H-pyrrole nitrogens is 1. The third-order valence-electron chi connectivity index (χ3n) is 5.01. The van der Waals surface area contributed by atoms with Gasteiger partial charge < -0.3 is 15.2 Å². The topological polar surface area (TPSA) is 78.1 Å². The summed E-state index contributed by atoms with van der Waals surface area (Å²) in [5.74, 6) is 0.768. The normalized spacial score (nSPS) is 13.9. The highest BCUT2D eigenvalue weighted by atomic mass is 32.1. The van der Waals surface area contributed by atoms with Crippen molar-refractivity contribution in [3.8, 4) is 10.7 Å². The molecule has 1 saturated heterocycles. The van der Waals surface area contributed by atoms with Crippen LogP contribution in [0.2, 0.25) is 0 Å². The maximum Gasteiger partial charge on any atom is 0.255 e. The molecule has 0 bridgehead atoms. The van der Waals surface area contributed by atoms with E-state index in [2.05, 4.69) is 15.3 Å². The van der Waals surface area contributed by atoms with Gasteiger partial charge in [-0.25, -0.2) is 4.98 Å². The number of nitrogens with one attached hydrogen (secondary N) is 2. The van der Waals surface area contributed by atoms with E-state index in [-0.39, 0.29) is 11.8 Å². The van der Waals surface area contributed by atoms with Crippen LogP contribution < -0.4 is 10.2 Å². The van der Waals surface area contributed by atoms with E-state index in [1.807, 2.05) is 47.8 Å². The summed E-state index contributed by atoms with van der Waals surface area (Å²) in [4.78, 5) is 35.2. The number of aromatic nitrogens is 2. The molecule has 6 nitrogen and oxygen atoms in total. The molecule has 2 amide bonds. The predicted molar refractivity (Wildman–Crippen MR) is 115 cm³/mol. The van der Waals surface area contributed by atoms with Crippen molar-refractivity contribution in [2.45, 2.75) is 12.8 Å². The van der Waals surface area contributed by atoms with Gasteiger partial charge in [-0.3, -0.25) is 9.59 Å². The molecule has 1 aliphatic heterocycles. The third-order valence-corrected chi connectivity index (χ3v) is 5.89. The average molecular weight is 402 g/mol. The van der Waals surface area contributed by atoms with Gasteiger partial charge in [-0.05, 0) is 60.3 Å². The first kappa shape index (κ1) is 17.6. The van der Waals surface area contributed by atoms with E-state index in [1.54, 1.807) is 28.4 Å². The molecule has 0 spiro atoms. The second kappa shape index (κ2) is 7.18. The Balaban J connectivity index is 1.33. The van der Waals surface area contributed by atoms with E-state index in [0.717, 1.165) is 40.4 Å². The lowest BCUT2D eigenvalue weighted by atomic mass is 10.1. The van der Waals surface area contributed by atoms with E-state index in [9.17, 15) is 9.59 Å². The zero-order valence-electron chi connectivity index (χ0n) is 15.5. The van der Waals surface area contributed by atoms with E-state index in [4.69, 9.17) is 0 Å². The first-order chi connectivity index (χ1) is 14.2. The molecule has 2 aromatic heterocycles. The number of thiophene rings is 1. The van der Waals surface area contributed by atoms with Crippen LogP contribution in [0.1, 0.15) is 23.2 Å². The number of carbonyl (C=O) groups is 2. The summed E-state index contributed by atoms with van der Waals surface area (Å²) in [5, 5.41) is 4.94. The molecule has 1 aliphatic rings. The van der Waals surface area contributed by atoms with Gasteiger partial charge in [-0.2, -0.15) is 0 Å². The quantitative estimate of drug-likeness (QED) is 0.521. The highest BCUT2D eigenvalue weighted by molar-refractivity contribution is 7.13. The van der Waals surface area contributed by atoms with Crippen molar-refractivity contribution in [3.63, 3.8) is 0 Å². The second-order valence-corrected chi connectivity index (χ2v) is 7.89. The molecule has 1 fully saturated rings. The highest BCUT2D eigenvalue weighted by Gasteiger charge is 2.21. The Kier molecular flexibility index (Phi) is 4.37. The smallest absolute Gasteiger partial charge is 0.255 e. The van der Waals surface area contributed by atoms with Crippen molar-refractivity contribution in [2.24, 2.45) is 0 Å². The lowest BCUT2D eigenvalue weighted by Gasteiger charge is -2.15. The lowest BCUT2D eigenvalue weighted by Crippen LogP contribution is -2.23. The van der Waals surface area contributed by atoms with Crippen LogP contribution in [0.3, 0.4) is 0 Å². The average Bonchev–Trinajstić information content (AvgIpc) is 3.48. The van der Waals surface area contributed by atoms with Crippen molar-refractivity contribution < 1.29 is 9.59 Å². The van der Waals surface area contributed by atoms with Crippen molar-refractivity contribution in [3.05, 3.63) is 65.5 Å². The van der Waals surface area contributed by atoms with Crippen LogP contribution in [-0.4, -0.2) is 28.3 Å². The van der Waals surface area contributed by atoms with E-state index in [0.29, 0.717) is 17.7 Å². The molecule has 0 atom stereocenters. The molecular formula is C22H18N4O2S. The van der Waals surface area contributed by atoms with Gasteiger partial charge in [-0.15, -0.1) is 11.3 Å². The second-order valence-electron chi connectivity index (χ2n) is 6.94. The Labute approximate surface area is 171 Å². The maximum atomic E-state index is 12.6. The number of fused-ring (bicyclic) bond motifs is 1. The number of rotatable bonds is 4. The van der Waals surface area contributed by atoms with E-state index >= 15 is 0 Å². The number of amides is 2. The molecule has 0 unspecified atom stereocenters. The SMILES string of the molecule is O=C(Nc1ccc2nc(-c3cccs3)[nH]c2c1)c1ccc(N2CCCC2=O)cc1. The van der Waals surface area contributed by atoms with Crippen LogP contribution in [0.5, 0.6) is 0 Å². The fraction of sp³-hybridized carbons (Fsp3) is 0.136. The Morgan fingerprint density at radius 2 is 2.00 bits per heavy atom. The predicted octanol–water partition coefficient (Wildman–Crippen LogP) is 4.67. The molecule has 4 aromatic rings. The first-order valence-electron chi connectivity index (χ1n) is 9.43. The Morgan fingerprint density at radius 1 is 1.14 bits per heavy atom. The van der Waals surface area contributed by atoms with Gasteiger partial charge in [0.2, 0.25) is 5.91 Å². The number of hydrogen-bond acceptors (Lipinski definition) is 4. The molecule has 0 radical (unpaired) electrons. The van der Waals surface area contributed by atoms with Crippen LogP contribution >= 0.6 is 11.3 Å². The van der Waals surface area contributed by atoms with E-state index < -0.39 is 0 Å². The molecule has 144 valence electrons. The first-order valence-corrected chi connectivity index (χ1v) is 10.3. The number of anilines is 2. The summed E-state index contributed by atoms with van der Waals surface area (Å²) in [6.45, 7) is 0.738. The fourth-order valence-corrected chi connectivity index (χ4v) is 4.20. The minimum absolute atomic E-state index is 0.136. The lowest BCUT2D eigenvalue weighted by molar-refractivity contribution is -0.117. The van der Waals surface area contributed by atoms with Crippen LogP contribution in [0, 0.1) is 0 Å². The van der Waals surface area contributed by atoms with Gasteiger partial charge in [0.15, 0.2) is 0 Å². The molecule has 2 aromatic carbocycles. The fourth-order valence-electron chi connectivity index (χ4n) is 3.53. The summed E-state index contributed by atoms with van der Waals surface area (Å²) >= 11 is 1.63. The zero-order chi connectivity index (χ0) is 19.8. The molecule has 2 N–H and O–H groups in total. The Bertz CT molecular complexity index is 1200. The molecule has 0 aliphatic carbocycles. The Hall–Kier alpha value is -3.45. The van der Waals surface area contributed by atoms with Gasteiger partial charge >= 0.3 is 0 Å². The van der Waals surface area contributed by atoms with Crippen LogP contribution in [0.4, 0.5) is 11.4 Å². The number of carbonyl (C=O) groups excluding carboxylic acids is 2. The minimum atomic E-state index is -0.193. The van der Waals surface area contributed by atoms with Crippen LogP contribution in [0.15, 0.2) is 60.0 Å². The van der Waals surface area contributed by atoms with Gasteiger partial charge in [0.05, 0.1) is 15.9 Å². The van der Waals surface area contributed by atoms with Gasteiger partial charge in [0.1, 0.15) is 5.82 Å². The summed E-state index contributed by atoms with van der Waals surface area (Å²) in [6, 6.07) is 16.8. The van der Waals surface area contributed by atoms with Crippen molar-refractivity contribution in [1.82, 2.24) is 9.97 Å². The zero-order valence-corrected chi connectivity index (χ0v) is 16.3. The largest absolute Gasteiger partial charge is 0.337 e. The standard InChI is InChI=1S/C22H18N4O2S/c27-20-4-1-11-26(20)16-8-5-14(6-9-16)22(28)23-15-7-10-17-18(13-15)25-21(24-17)19-3-2-12-29-19/h2-3,5-10,12-13H,1,4,11H2,(H,23,28)(H,24,25). The van der Waals surface area contributed by atoms with Crippen LogP contribution in [-0.2, 0) is 4.79 Å². The maximum absolute atomic E-state index is 12.6. The minimum Gasteiger partial charge on any atom is -0.337 e. The summed E-state index contributed by atoms with van der Waals surface area (Å²) < 4.78 is 0. The molecule has 0 saturated carbocycles. The number of nitrogens with zero attached hydrogens (tertiary/aromatic N) is 2. The van der Waals surface area contributed by atoms with Gasteiger partial charge in [-0.1, -0.05) is 6.07 Å². The number of aromatic amines is 1. The third kappa shape index (κ3) is 3.40. The van der Waals surface area contributed by atoms with E-state index in [1.165, 1.54) is 0 Å². The Morgan fingerprint density at radius 3 is 2.72 bits per heavy atom. The van der Waals surface area contributed by atoms with Crippen LogP contribution in [0.25, 0.3) is 21.7 Å². The summed E-state index contributed by atoms with van der Waals surface area (Å²) in [7, 11) is 0. The summed E-state index contributed by atoms with van der Waals surface area (Å²) in [5.41, 5.74) is 3.80. The van der Waals surface area contributed by atoms with Crippen molar-refractivity contribution >= 4 is 45.6 Å². The van der Waals surface area contributed by atoms with Gasteiger partial charge in [0, 0.05) is 29.9 Å². The molecule has 5 rings (SSSR count). The number of imidazole rings is 1. The molecule has 29 heavy (non-hydrogen) atoms. The van der Waals surface area contributed by atoms with Gasteiger partial charge in [0.25, 0.3) is 5.91 Å². The summed E-state index contributed by atoms with van der Waals surface area (Å²) in [6.07, 6.45) is 1.47. The molecule has 3 heterocycles.